The molecule has 19 heavy (non-hydrogen) atoms. The van der Waals surface area contributed by atoms with Crippen molar-refractivity contribution in [1.82, 2.24) is 0 Å². The highest BCUT2D eigenvalue weighted by Crippen LogP contribution is 2.36. The minimum absolute atomic E-state index is 0.133. The first-order valence-corrected chi connectivity index (χ1v) is 6.99. The molecule has 0 fully saturated rings. The standard InChI is InChI=1S/C16H13BrO2/c1-10-3-2-4-11(7-10)16-9-14(18)13-8-12(17)5-6-15(13)19-16/h2-8,16H,9H2,1H3. The minimum Gasteiger partial charge on any atom is -0.484 e. The van der Waals surface area contributed by atoms with Gasteiger partial charge in [-0.05, 0) is 30.7 Å². The van der Waals surface area contributed by atoms with Crippen LogP contribution in [0.4, 0.5) is 0 Å². The van der Waals surface area contributed by atoms with Gasteiger partial charge in [0.2, 0.25) is 0 Å². The van der Waals surface area contributed by atoms with Crippen LogP contribution in [0.25, 0.3) is 0 Å². The summed E-state index contributed by atoms with van der Waals surface area (Å²) in [6.45, 7) is 2.04. The van der Waals surface area contributed by atoms with Gasteiger partial charge < -0.3 is 4.74 Å². The van der Waals surface area contributed by atoms with Crippen molar-refractivity contribution < 1.29 is 9.53 Å². The first-order chi connectivity index (χ1) is 9.13. The lowest BCUT2D eigenvalue weighted by Crippen LogP contribution is -2.20. The molecule has 0 bridgehead atoms. The zero-order valence-electron chi connectivity index (χ0n) is 10.5. The number of aryl methyl sites for hydroxylation is 1. The van der Waals surface area contributed by atoms with Gasteiger partial charge in [0.25, 0.3) is 0 Å². The van der Waals surface area contributed by atoms with E-state index in [4.69, 9.17) is 4.74 Å². The van der Waals surface area contributed by atoms with Crippen LogP contribution in [-0.4, -0.2) is 5.78 Å². The molecule has 2 aromatic rings. The van der Waals surface area contributed by atoms with Crippen LogP contribution in [0.15, 0.2) is 46.9 Å². The number of hydrogen-bond donors (Lipinski definition) is 0. The maximum atomic E-state index is 12.2. The predicted molar refractivity (Wildman–Crippen MR) is 77.6 cm³/mol. The van der Waals surface area contributed by atoms with Gasteiger partial charge in [-0.25, -0.2) is 0 Å². The van der Waals surface area contributed by atoms with E-state index in [9.17, 15) is 4.79 Å². The summed E-state index contributed by atoms with van der Waals surface area (Å²) in [5, 5.41) is 0. The molecule has 96 valence electrons. The molecule has 1 heterocycles. The largest absolute Gasteiger partial charge is 0.484 e. The number of benzene rings is 2. The van der Waals surface area contributed by atoms with Crippen molar-refractivity contribution in [3.8, 4) is 5.75 Å². The first kappa shape index (κ1) is 12.4. The first-order valence-electron chi connectivity index (χ1n) is 6.19. The summed E-state index contributed by atoms with van der Waals surface area (Å²) in [6.07, 6.45) is 0.216. The molecular formula is C16H13BrO2. The Balaban J connectivity index is 1.97. The third-order valence-corrected chi connectivity index (χ3v) is 3.79. The van der Waals surface area contributed by atoms with Crippen LogP contribution in [0, 0.1) is 6.92 Å². The number of hydrogen-bond acceptors (Lipinski definition) is 2. The normalized spacial score (nSPS) is 17.8. The molecule has 1 unspecified atom stereocenters. The SMILES string of the molecule is Cc1cccc(C2CC(=O)c3cc(Br)ccc3O2)c1. The van der Waals surface area contributed by atoms with Gasteiger partial charge >= 0.3 is 0 Å². The predicted octanol–water partition coefficient (Wildman–Crippen LogP) is 4.46. The highest BCUT2D eigenvalue weighted by atomic mass is 79.9. The molecule has 0 saturated heterocycles. The van der Waals surface area contributed by atoms with E-state index in [-0.39, 0.29) is 11.9 Å². The van der Waals surface area contributed by atoms with Crippen molar-refractivity contribution in [2.75, 3.05) is 0 Å². The maximum Gasteiger partial charge on any atom is 0.170 e. The lowest BCUT2D eigenvalue weighted by Gasteiger charge is -2.25. The van der Waals surface area contributed by atoms with Gasteiger partial charge in [-0.1, -0.05) is 45.8 Å². The molecule has 3 rings (SSSR count). The molecule has 1 atom stereocenters. The fraction of sp³-hybridized carbons (Fsp3) is 0.188. The van der Waals surface area contributed by atoms with E-state index in [2.05, 4.69) is 22.0 Å². The van der Waals surface area contributed by atoms with Crippen LogP contribution in [0.2, 0.25) is 0 Å². The second-order valence-corrected chi connectivity index (χ2v) is 5.70. The van der Waals surface area contributed by atoms with Gasteiger partial charge in [-0.3, -0.25) is 4.79 Å². The minimum atomic E-state index is -0.180. The third kappa shape index (κ3) is 2.43. The number of halogens is 1. The Bertz CT molecular complexity index is 649. The van der Waals surface area contributed by atoms with Crippen molar-refractivity contribution in [3.05, 3.63) is 63.6 Å². The van der Waals surface area contributed by atoms with Gasteiger partial charge in [0.15, 0.2) is 5.78 Å². The van der Waals surface area contributed by atoms with Crippen molar-refractivity contribution >= 4 is 21.7 Å². The number of rotatable bonds is 1. The lowest BCUT2D eigenvalue weighted by molar-refractivity contribution is 0.0850. The summed E-state index contributed by atoms with van der Waals surface area (Å²) in [5.74, 6) is 0.806. The highest BCUT2D eigenvalue weighted by molar-refractivity contribution is 9.10. The van der Waals surface area contributed by atoms with E-state index in [1.165, 1.54) is 5.56 Å². The Morgan fingerprint density at radius 2 is 2.05 bits per heavy atom. The van der Waals surface area contributed by atoms with E-state index < -0.39 is 0 Å². The molecular weight excluding hydrogens is 304 g/mol. The van der Waals surface area contributed by atoms with Gasteiger partial charge in [0.1, 0.15) is 11.9 Å². The molecule has 0 amide bonds. The second kappa shape index (κ2) is 4.82. The van der Waals surface area contributed by atoms with Crippen LogP contribution < -0.4 is 4.74 Å². The topological polar surface area (TPSA) is 26.3 Å². The van der Waals surface area contributed by atoms with Crippen LogP contribution in [-0.2, 0) is 0 Å². The number of ether oxygens (including phenoxy) is 1. The Hall–Kier alpha value is -1.61. The average Bonchev–Trinajstić information content (AvgIpc) is 2.39. The molecule has 0 spiro atoms. The zero-order chi connectivity index (χ0) is 13.4. The molecule has 2 aromatic carbocycles. The van der Waals surface area contributed by atoms with Crippen LogP contribution in [0.1, 0.15) is 34.0 Å². The molecule has 0 aliphatic carbocycles. The second-order valence-electron chi connectivity index (χ2n) is 4.79. The Kier molecular flexibility index (Phi) is 3.15. The number of carbonyl (C=O) groups is 1. The van der Waals surface area contributed by atoms with Crippen molar-refractivity contribution in [2.45, 2.75) is 19.4 Å². The molecule has 0 saturated carbocycles. The quantitative estimate of drug-likeness (QED) is 0.776. The number of ketones is 1. The van der Waals surface area contributed by atoms with Gasteiger partial charge in [0, 0.05) is 4.47 Å². The molecule has 2 nitrogen and oxygen atoms in total. The average molecular weight is 317 g/mol. The van der Waals surface area contributed by atoms with Crippen LogP contribution >= 0.6 is 15.9 Å². The summed E-state index contributed by atoms with van der Waals surface area (Å²) in [7, 11) is 0. The van der Waals surface area contributed by atoms with Crippen molar-refractivity contribution in [1.29, 1.82) is 0 Å². The summed E-state index contributed by atoms with van der Waals surface area (Å²) in [4.78, 5) is 12.2. The summed E-state index contributed by atoms with van der Waals surface area (Å²) in [5.41, 5.74) is 2.90. The molecule has 3 heteroatoms. The number of Topliss-reactive ketones (excluding diaryl/α,β-unsaturated/α-hetero) is 1. The lowest BCUT2D eigenvalue weighted by atomic mass is 9.95. The van der Waals surface area contributed by atoms with E-state index >= 15 is 0 Å². The van der Waals surface area contributed by atoms with Crippen LogP contribution in [0.3, 0.4) is 0 Å². The van der Waals surface area contributed by atoms with E-state index in [0.717, 1.165) is 10.0 Å². The van der Waals surface area contributed by atoms with E-state index in [1.54, 1.807) is 0 Å². The van der Waals surface area contributed by atoms with E-state index in [0.29, 0.717) is 17.7 Å². The summed E-state index contributed by atoms with van der Waals surface area (Å²) in [6, 6.07) is 13.7. The molecule has 1 aliphatic rings. The van der Waals surface area contributed by atoms with E-state index in [1.807, 2.05) is 43.3 Å². The Morgan fingerprint density at radius 3 is 2.84 bits per heavy atom. The number of carbonyl (C=O) groups excluding carboxylic acids is 1. The van der Waals surface area contributed by atoms with Crippen molar-refractivity contribution in [3.63, 3.8) is 0 Å². The molecule has 0 N–H and O–H groups in total. The van der Waals surface area contributed by atoms with Crippen LogP contribution in [0.5, 0.6) is 5.75 Å². The Labute approximate surface area is 120 Å². The fourth-order valence-electron chi connectivity index (χ4n) is 2.35. The van der Waals surface area contributed by atoms with Gasteiger partial charge in [-0.15, -0.1) is 0 Å². The smallest absolute Gasteiger partial charge is 0.170 e. The Morgan fingerprint density at radius 1 is 1.21 bits per heavy atom. The summed E-state index contributed by atoms with van der Waals surface area (Å²) < 4.78 is 6.86. The maximum absolute atomic E-state index is 12.2. The fourth-order valence-corrected chi connectivity index (χ4v) is 2.71. The number of fused-ring (bicyclic) bond motifs is 1. The van der Waals surface area contributed by atoms with Gasteiger partial charge in [0.05, 0.1) is 12.0 Å². The highest BCUT2D eigenvalue weighted by Gasteiger charge is 2.27. The molecule has 0 radical (unpaired) electrons. The van der Waals surface area contributed by atoms with Crippen molar-refractivity contribution in [2.24, 2.45) is 0 Å². The monoisotopic (exact) mass is 316 g/mol. The molecule has 1 aliphatic heterocycles. The zero-order valence-corrected chi connectivity index (χ0v) is 12.1. The molecule has 0 aromatic heterocycles. The third-order valence-electron chi connectivity index (χ3n) is 3.30. The van der Waals surface area contributed by atoms with Gasteiger partial charge in [-0.2, -0.15) is 0 Å². The summed E-state index contributed by atoms with van der Waals surface area (Å²) >= 11 is 3.38.